The molecule has 0 aliphatic carbocycles. The lowest BCUT2D eigenvalue weighted by molar-refractivity contribution is -0.123. The Labute approximate surface area is 143 Å². The third-order valence-electron chi connectivity index (χ3n) is 3.82. The lowest BCUT2D eigenvalue weighted by atomic mass is 10.0. The van der Waals surface area contributed by atoms with Crippen molar-refractivity contribution in [2.75, 3.05) is 6.61 Å². The predicted octanol–water partition coefficient (Wildman–Crippen LogP) is 3.76. The fourth-order valence-corrected chi connectivity index (χ4v) is 2.60. The highest BCUT2D eigenvalue weighted by Gasteiger charge is 2.05. The molecule has 126 valence electrons. The molecule has 4 heteroatoms. The van der Waals surface area contributed by atoms with Crippen molar-refractivity contribution in [2.24, 2.45) is 5.10 Å². The van der Waals surface area contributed by atoms with Gasteiger partial charge in [0.2, 0.25) is 0 Å². The van der Waals surface area contributed by atoms with Gasteiger partial charge in [0.15, 0.2) is 6.61 Å². The first-order valence-electron chi connectivity index (χ1n) is 7.96. The Hall–Kier alpha value is -2.62. The van der Waals surface area contributed by atoms with Crippen LogP contribution in [-0.4, -0.2) is 18.7 Å². The molecule has 0 aliphatic heterocycles. The lowest BCUT2D eigenvalue weighted by Gasteiger charge is -2.09. The molecule has 4 nitrogen and oxygen atoms in total. The van der Waals surface area contributed by atoms with E-state index in [-0.39, 0.29) is 12.5 Å². The number of rotatable bonds is 5. The fraction of sp³-hybridized carbons (Fsp3) is 0.300. The number of hydrogen-bond acceptors (Lipinski definition) is 3. The van der Waals surface area contributed by atoms with Crippen molar-refractivity contribution in [3.05, 3.63) is 63.7 Å². The lowest BCUT2D eigenvalue weighted by Crippen LogP contribution is -2.24. The quantitative estimate of drug-likeness (QED) is 0.672. The van der Waals surface area contributed by atoms with Crippen LogP contribution in [0.15, 0.2) is 35.4 Å². The Morgan fingerprint density at radius 2 is 1.67 bits per heavy atom. The number of ether oxygens (including phenoxy) is 1. The minimum absolute atomic E-state index is 0.0620. The van der Waals surface area contributed by atoms with Crippen molar-refractivity contribution in [1.29, 1.82) is 0 Å². The molecule has 0 aromatic heterocycles. The van der Waals surface area contributed by atoms with Gasteiger partial charge in [-0.1, -0.05) is 29.8 Å². The predicted molar refractivity (Wildman–Crippen MR) is 97.8 cm³/mol. The van der Waals surface area contributed by atoms with Crippen molar-refractivity contribution in [3.8, 4) is 5.75 Å². The van der Waals surface area contributed by atoms with Gasteiger partial charge in [0, 0.05) is 5.56 Å². The van der Waals surface area contributed by atoms with Gasteiger partial charge in [-0.2, -0.15) is 5.10 Å². The molecular formula is C20H24N2O2. The van der Waals surface area contributed by atoms with Crippen molar-refractivity contribution >= 4 is 12.1 Å². The van der Waals surface area contributed by atoms with E-state index in [1.807, 2.05) is 45.9 Å². The molecule has 2 rings (SSSR count). The van der Waals surface area contributed by atoms with Crippen molar-refractivity contribution in [1.82, 2.24) is 5.43 Å². The first kappa shape index (κ1) is 17.7. The van der Waals surface area contributed by atoms with E-state index < -0.39 is 0 Å². The summed E-state index contributed by atoms with van der Waals surface area (Å²) in [5.41, 5.74) is 9.12. The summed E-state index contributed by atoms with van der Waals surface area (Å²) in [7, 11) is 0. The van der Waals surface area contributed by atoms with Crippen LogP contribution in [0.5, 0.6) is 5.75 Å². The van der Waals surface area contributed by atoms with Gasteiger partial charge in [0.05, 0.1) is 6.21 Å². The molecule has 0 heterocycles. The average Bonchev–Trinajstić information content (AvgIpc) is 2.50. The number of hydrazone groups is 1. The molecule has 0 aliphatic rings. The maximum absolute atomic E-state index is 11.9. The van der Waals surface area contributed by atoms with E-state index in [1.54, 1.807) is 6.21 Å². The molecule has 1 N–H and O–H groups in total. The maximum atomic E-state index is 11.9. The van der Waals surface area contributed by atoms with Crippen LogP contribution < -0.4 is 10.2 Å². The van der Waals surface area contributed by atoms with Crippen LogP contribution >= 0.6 is 0 Å². The standard InChI is InChI=1S/C20H24N2O2/c1-13-6-7-15(3)19(10-13)24-12-20(23)22-21-11-18-16(4)8-14(2)9-17(18)5/h6-11H,12H2,1-5H3,(H,22,23)/b21-11-. The van der Waals surface area contributed by atoms with E-state index in [2.05, 4.69) is 29.6 Å². The summed E-state index contributed by atoms with van der Waals surface area (Å²) in [4.78, 5) is 11.9. The molecule has 1 amide bonds. The Bertz CT molecular complexity index is 756. The molecule has 0 radical (unpaired) electrons. The minimum Gasteiger partial charge on any atom is -0.483 e. The molecule has 2 aromatic carbocycles. The normalized spacial score (nSPS) is 10.9. The number of carbonyl (C=O) groups excluding carboxylic acids is 1. The van der Waals surface area contributed by atoms with Crippen LogP contribution in [0.2, 0.25) is 0 Å². The van der Waals surface area contributed by atoms with E-state index in [0.717, 1.165) is 33.6 Å². The molecule has 0 saturated carbocycles. The zero-order valence-corrected chi connectivity index (χ0v) is 14.9. The van der Waals surface area contributed by atoms with Gasteiger partial charge in [0.25, 0.3) is 5.91 Å². The van der Waals surface area contributed by atoms with Crippen LogP contribution in [0.1, 0.15) is 33.4 Å². The van der Waals surface area contributed by atoms with Gasteiger partial charge >= 0.3 is 0 Å². The van der Waals surface area contributed by atoms with Crippen molar-refractivity contribution < 1.29 is 9.53 Å². The monoisotopic (exact) mass is 324 g/mol. The van der Waals surface area contributed by atoms with E-state index in [9.17, 15) is 4.79 Å². The fourth-order valence-electron chi connectivity index (χ4n) is 2.60. The van der Waals surface area contributed by atoms with Gasteiger partial charge in [0.1, 0.15) is 5.75 Å². The largest absolute Gasteiger partial charge is 0.483 e. The first-order valence-corrected chi connectivity index (χ1v) is 7.96. The summed E-state index contributed by atoms with van der Waals surface area (Å²) < 4.78 is 5.56. The second-order valence-electron chi connectivity index (χ2n) is 6.16. The summed E-state index contributed by atoms with van der Waals surface area (Å²) in [5.74, 6) is 0.439. The van der Waals surface area contributed by atoms with Crippen LogP contribution in [0.3, 0.4) is 0 Å². The Balaban J connectivity index is 1.93. The minimum atomic E-state index is -0.283. The molecule has 2 aromatic rings. The molecule has 0 unspecified atom stereocenters. The molecule has 24 heavy (non-hydrogen) atoms. The average molecular weight is 324 g/mol. The van der Waals surface area contributed by atoms with Gasteiger partial charge in [-0.05, 0) is 62.9 Å². The number of nitrogens with zero attached hydrogens (tertiary/aromatic N) is 1. The topological polar surface area (TPSA) is 50.7 Å². The number of carbonyl (C=O) groups is 1. The third-order valence-corrected chi connectivity index (χ3v) is 3.82. The zero-order chi connectivity index (χ0) is 17.7. The number of amides is 1. The highest BCUT2D eigenvalue weighted by molar-refractivity contribution is 5.85. The summed E-state index contributed by atoms with van der Waals surface area (Å²) >= 11 is 0. The van der Waals surface area contributed by atoms with Crippen LogP contribution in [-0.2, 0) is 4.79 Å². The molecule has 0 spiro atoms. The summed E-state index contributed by atoms with van der Waals surface area (Å²) in [6.07, 6.45) is 1.68. The number of hydrogen-bond donors (Lipinski definition) is 1. The van der Waals surface area contributed by atoms with E-state index in [0.29, 0.717) is 0 Å². The van der Waals surface area contributed by atoms with Gasteiger partial charge in [-0.15, -0.1) is 0 Å². The van der Waals surface area contributed by atoms with Crippen molar-refractivity contribution in [3.63, 3.8) is 0 Å². The third kappa shape index (κ3) is 4.69. The van der Waals surface area contributed by atoms with Gasteiger partial charge < -0.3 is 4.74 Å². The first-order chi connectivity index (χ1) is 11.4. The Morgan fingerprint density at radius 3 is 2.33 bits per heavy atom. The van der Waals surface area contributed by atoms with Crippen LogP contribution in [0, 0.1) is 34.6 Å². The summed E-state index contributed by atoms with van der Waals surface area (Å²) in [5, 5.41) is 4.04. The van der Waals surface area contributed by atoms with Crippen molar-refractivity contribution in [2.45, 2.75) is 34.6 Å². The molecule has 0 bridgehead atoms. The maximum Gasteiger partial charge on any atom is 0.277 e. The van der Waals surface area contributed by atoms with Gasteiger partial charge in [-0.3, -0.25) is 4.79 Å². The molecular weight excluding hydrogens is 300 g/mol. The number of benzene rings is 2. The zero-order valence-electron chi connectivity index (χ0n) is 14.9. The van der Waals surface area contributed by atoms with E-state index in [4.69, 9.17) is 4.74 Å². The molecule has 0 atom stereocenters. The smallest absolute Gasteiger partial charge is 0.277 e. The van der Waals surface area contributed by atoms with Gasteiger partial charge in [-0.25, -0.2) is 5.43 Å². The second kappa shape index (κ2) is 7.77. The molecule has 0 fully saturated rings. The SMILES string of the molecule is Cc1cc(C)c(/C=N\NC(=O)COc2cc(C)ccc2C)c(C)c1. The van der Waals surface area contributed by atoms with E-state index >= 15 is 0 Å². The highest BCUT2D eigenvalue weighted by atomic mass is 16.5. The summed E-state index contributed by atoms with van der Waals surface area (Å²) in [6, 6.07) is 10.1. The Kier molecular flexibility index (Phi) is 5.74. The van der Waals surface area contributed by atoms with E-state index in [1.165, 1.54) is 5.56 Å². The summed E-state index contributed by atoms with van der Waals surface area (Å²) in [6.45, 7) is 10.0. The van der Waals surface area contributed by atoms with Crippen LogP contribution in [0.25, 0.3) is 0 Å². The molecule has 0 saturated heterocycles. The number of nitrogens with one attached hydrogen (secondary N) is 1. The second-order valence-corrected chi connectivity index (χ2v) is 6.16. The Morgan fingerprint density at radius 1 is 1.00 bits per heavy atom. The number of aryl methyl sites for hydroxylation is 5. The highest BCUT2D eigenvalue weighted by Crippen LogP contribution is 2.18. The van der Waals surface area contributed by atoms with Crippen LogP contribution in [0.4, 0.5) is 0 Å².